The third-order valence-corrected chi connectivity index (χ3v) is 3.93. The molecule has 1 aliphatic heterocycles. The molecule has 0 unspecified atom stereocenters. The normalized spacial score (nSPS) is 18.4. The maximum atomic E-state index is 10.7. The average molecular weight is 255 g/mol. The van der Waals surface area contributed by atoms with Gasteiger partial charge in [0.15, 0.2) is 0 Å². The molecule has 0 aromatic carbocycles. The van der Waals surface area contributed by atoms with Crippen LogP contribution in [0.25, 0.3) is 0 Å². The summed E-state index contributed by atoms with van der Waals surface area (Å²) < 4.78 is 0. The lowest BCUT2D eigenvalue weighted by Crippen LogP contribution is -2.50. The van der Waals surface area contributed by atoms with Gasteiger partial charge < -0.3 is 10.0 Å². The minimum atomic E-state index is -0.846. The lowest BCUT2D eigenvalue weighted by molar-refractivity contribution is 0.0702. The van der Waals surface area contributed by atoms with Crippen LogP contribution in [0.5, 0.6) is 0 Å². The molecule has 2 rings (SSSR count). The van der Waals surface area contributed by atoms with Crippen molar-refractivity contribution in [2.45, 2.75) is 6.54 Å². The molecule has 6 heteroatoms. The number of aromatic carboxylic acids is 1. The Kier molecular flexibility index (Phi) is 4.11. The van der Waals surface area contributed by atoms with Crippen LogP contribution in [-0.2, 0) is 6.54 Å². The molecular formula is C11H17N3O2S. The van der Waals surface area contributed by atoms with E-state index in [0.29, 0.717) is 11.4 Å². The van der Waals surface area contributed by atoms with Crippen LogP contribution < -0.4 is 5.43 Å². The second-order valence-electron chi connectivity index (χ2n) is 4.20. The standard InChI is InChI=1S/C11H17N3O2S/c1-13-4-6-14(7-5-13)12-8-9-2-3-10(17-9)11(15)16/h2-3,12H,4-8H2,1H3,(H,15,16). The summed E-state index contributed by atoms with van der Waals surface area (Å²) in [6.45, 7) is 4.86. The first-order valence-corrected chi connectivity index (χ1v) is 6.46. The van der Waals surface area contributed by atoms with Crippen LogP contribution >= 0.6 is 11.3 Å². The number of thiophene rings is 1. The summed E-state index contributed by atoms with van der Waals surface area (Å²) in [5.74, 6) is -0.846. The Bertz CT molecular complexity index is 386. The molecule has 17 heavy (non-hydrogen) atoms. The molecule has 1 saturated heterocycles. The van der Waals surface area contributed by atoms with Crippen molar-refractivity contribution in [3.8, 4) is 0 Å². The fourth-order valence-corrected chi connectivity index (χ4v) is 2.52. The first-order chi connectivity index (χ1) is 8.15. The molecule has 0 atom stereocenters. The number of carboxylic acid groups (broad SMARTS) is 1. The molecule has 0 radical (unpaired) electrons. The Morgan fingerprint density at radius 1 is 1.41 bits per heavy atom. The van der Waals surface area contributed by atoms with Crippen molar-refractivity contribution in [1.29, 1.82) is 0 Å². The van der Waals surface area contributed by atoms with Crippen molar-refractivity contribution in [3.63, 3.8) is 0 Å². The molecule has 5 nitrogen and oxygen atoms in total. The SMILES string of the molecule is CN1CCN(NCc2ccc(C(=O)O)s2)CC1. The Balaban J connectivity index is 1.79. The zero-order chi connectivity index (χ0) is 12.3. The Morgan fingerprint density at radius 3 is 2.71 bits per heavy atom. The molecule has 2 N–H and O–H groups in total. The second-order valence-corrected chi connectivity index (χ2v) is 5.36. The molecule has 0 saturated carbocycles. The van der Waals surface area contributed by atoms with E-state index >= 15 is 0 Å². The van der Waals surface area contributed by atoms with Crippen molar-refractivity contribution in [2.24, 2.45) is 0 Å². The van der Waals surface area contributed by atoms with Crippen LogP contribution in [0.2, 0.25) is 0 Å². The Labute approximate surface area is 105 Å². The van der Waals surface area contributed by atoms with E-state index in [0.717, 1.165) is 31.1 Å². The number of nitrogens with one attached hydrogen (secondary N) is 1. The first-order valence-electron chi connectivity index (χ1n) is 5.64. The fraction of sp³-hybridized carbons (Fsp3) is 0.545. The number of likely N-dealkylation sites (N-methyl/N-ethyl adjacent to an activating group) is 1. The van der Waals surface area contributed by atoms with Crippen molar-refractivity contribution in [1.82, 2.24) is 15.3 Å². The zero-order valence-electron chi connectivity index (χ0n) is 9.85. The maximum absolute atomic E-state index is 10.7. The van der Waals surface area contributed by atoms with E-state index in [1.54, 1.807) is 6.07 Å². The quantitative estimate of drug-likeness (QED) is 0.829. The van der Waals surface area contributed by atoms with E-state index < -0.39 is 5.97 Å². The predicted octanol–water partition coefficient (Wildman–Crippen LogP) is 0.698. The second kappa shape index (κ2) is 5.59. The van der Waals surface area contributed by atoms with Crippen molar-refractivity contribution in [2.75, 3.05) is 33.2 Å². The molecule has 2 heterocycles. The highest BCUT2D eigenvalue weighted by molar-refractivity contribution is 7.13. The van der Waals surface area contributed by atoms with Crippen LogP contribution in [0.1, 0.15) is 14.5 Å². The molecule has 0 aliphatic carbocycles. The number of nitrogens with zero attached hydrogens (tertiary/aromatic N) is 2. The van der Waals surface area contributed by atoms with Crippen LogP contribution in [0, 0.1) is 0 Å². The predicted molar refractivity (Wildman–Crippen MR) is 67.2 cm³/mol. The molecular weight excluding hydrogens is 238 g/mol. The number of piperazine rings is 1. The van der Waals surface area contributed by atoms with Crippen molar-refractivity contribution >= 4 is 17.3 Å². The highest BCUT2D eigenvalue weighted by Gasteiger charge is 2.13. The third kappa shape index (κ3) is 3.50. The summed E-state index contributed by atoms with van der Waals surface area (Å²) in [4.78, 5) is 14.5. The van der Waals surface area contributed by atoms with Gasteiger partial charge in [-0.05, 0) is 19.2 Å². The number of hydrazine groups is 1. The molecule has 1 aromatic heterocycles. The molecule has 1 fully saturated rings. The maximum Gasteiger partial charge on any atom is 0.345 e. The summed E-state index contributed by atoms with van der Waals surface area (Å²) in [6, 6.07) is 3.53. The van der Waals surface area contributed by atoms with E-state index in [1.165, 1.54) is 11.3 Å². The minimum absolute atomic E-state index is 0.403. The van der Waals surface area contributed by atoms with E-state index in [9.17, 15) is 4.79 Å². The van der Waals surface area contributed by atoms with Crippen LogP contribution in [0.4, 0.5) is 0 Å². The summed E-state index contributed by atoms with van der Waals surface area (Å²) >= 11 is 1.33. The van der Waals surface area contributed by atoms with Gasteiger partial charge in [-0.1, -0.05) is 0 Å². The van der Waals surface area contributed by atoms with Crippen LogP contribution in [0.3, 0.4) is 0 Å². The highest BCUT2D eigenvalue weighted by atomic mass is 32.1. The highest BCUT2D eigenvalue weighted by Crippen LogP contribution is 2.16. The smallest absolute Gasteiger partial charge is 0.345 e. The van der Waals surface area contributed by atoms with Gasteiger partial charge in [-0.15, -0.1) is 11.3 Å². The lowest BCUT2D eigenvalue weighted by Gasteiger charge is -2.32. The lowest BCUT2D eigenvalue weighted by atomic mass is 10.4. The summed E-state index contributed by atoms with van der Waals surface area (Å²) in [7, 11) is 2.12. The van der Waals surface area contributed by atoms with Gasteiger partial charge in [-0.25, -0.2) is 15.2 Å². The first kappa shape index (κ1) is 12.5. The van der Waals surface area contributed by atoms with E-state index in [1.807, 2.05) is 6.07 Å². The van der Waals surface area contributed by atoms with Gasteiger partial charge >= 0.3 is 5.97 Å². The third-order valence-electron chi connectivity index (χ3n) is 2.85. The zero-order valence-corrected chi connectivity index (χ0v) is 10.7. The van der Waals surface area contributed by atoms with Gasteiger partial charge in [0, 0.05) is 37.6 Å². The molecule has 1 aromatic rings. The average Bonchev–Trinajstić information content (AvgIpc) is 2.77. The Morgan fingerprint density at radius 2 is 2.12 bits per heavy atom. The number of hydrogen-bond donors (Lipinski definition) is 2. The summed E-state index contributed by atoms with van der Waals surface area (Å²) in [5, 5.41) is 11.0. The number of carboxylic acids is 1. The van der Waals surface area contributed by atoms with Gasteiger partial charge in [-0.2, -0.15) is 0 Å². The van der Waals surface area contributed by atoms with Crippen LogP contribution in [0.15, 0.2) is 12.1 Å². The largest absolute Gasteiger partial charge is 0.477 e. The summed E-state index contributed by atoms with van der Waals surface area (Å²) in [5.41, 5.74) is 3.33. The summed E-state index contributed by atoms with van der Waals surface area (Å²) in [6.07, 6.45) is 0. The van der Waals surface area contributed by atoms with Gasteiger partial charge in [0.25, 0.3) is 0 Å². The van der Waals surface area contributed by atoms with Gasteiger partial charge in [-0.3, -0.25) is 0 Å². The molecule has 1 aliphatic rings. The molecule has 94 valence electrons. The van der Waals surface area contributed by atoms with Gasteiger partial charge in [0.1, 0.15) is 4.88 Å². The molecule has 0 spiro atoms. The van der Waals surface area contributed by atoms with Crippen molar-refractivity contribution < 1.29 is 9.90 Å². The number of carbonyl (C=O) groups is 1. The van der Waals surface area contributed by atoms with Crippen molar-refractivity contribution in [3.05, 3.63) is 21.9 Å². The Hall–Kier alpha value is -0.950. The van der Waals surface area contributed by atoms with E-state index in [4.69, 9.17) is 5.11 Å². The topological polar surface area (TPSA) is 55.8 Å². The minimum Gasteiger partial charge on any atom is -0.477 e. The molecule has 0 amide bonds. The van der Waals surface area contributed by atoms with E-state index in [2.05, 4.69) is 22.4 Å². The number of hydrogen-bond acceptors (Lipinski definition) is 5. The van der Waals surface area contributed by atoms with E-state index in [-0.39, 0.29) is 0 Å². The van der Waals surface area contributed by atoms with Crippen LogP contribution in [-0.4, -0.2) is 54.2 Å². The van der Waals surface area contributed by atoms with Gasteiger partial charge in [0.2, 0.25) is 0 Å². The monoisotopic (exact) mass is 255 g/mol. The fourth-order valence-electron chi connectivity index (χ4n) is 1.74. The van der Waals surface area contributed by atoms with Gasteiger partial charge in [0.05, 0.1) is 0 Å². The number of rotatable bonds is 4. The molecule has 0 bridgehead atoms.